The highest BCUT2D eigenvalue weighted by atomic mass is 16.2. The molecule has 0 saturated carbocycles. The van der Waals surface area contributed by atoms with Crippen molar-refractivity contribution in [3.8, 4) is 0 Å². The van der Waals surface area contributed by atoms with Crippen molar-refractivity contribution in [1.29, 1.82) is 0 Å². The molecule has 3 N–H and O–H groups in total. The molecule has 0 aromatic heterocycles. The van der Waals surface area contributed by atoms with E-state index < -0.39 is 11.9 Å². The molecule has 0 aromatic rings. The maximum atomic E-state index is 10.1. The molecule has 0 bridgehead atoms. The van der Waals surface area contributed by atoms with Crippen LogP contribution in [-0.4, -0.2) is 18.4 Å². The Morgan fingerprint density at radius 1 is 1.88 bits per heavy atom. The normalized spacial score (nSPS) is 12.1. The molecule has 1 atom stereocenters. The Balaban J connectivity index is 3.46. The van der Waals surface area contributed by atoms with Crippen LogP contribution in [0.25, 0.3) is 0 Å². The smallest absolute Gasteiger partial charge is 0.239 e. The molecule has 0 unspecified atom stereocenters. The van der Waals surface area contributed by atoms with Crippen LogP contribution in [0.1, 0.15) is 6.92 Å². The number of carbonyl (C=O) groups is 2. The molecule has 0 spiro atoms. The number of carbonyl (C=O) groups excluding carboxylic acids is 2. The lowest BCUT2D eigenvalue weighted by Crippen LogP contribution is -2.37. The molecule has 0 saturated heterocycles. The number of rotatable bonds is 3. The maximum Gasteiger partial charge on any atom is 0.239 e. The summed E-state index contributed by atoms with van der Waals surface area (Å²) in [5.74, 6) is -0.530. The van der Waals surface area contributed by atoms with E-state index in [1.165, 1.54) is 6.92 Å². The van der Waals surface area contributed by atoms with Gasteiger partial charge in [0.15, 0.2) is 0 Å². The van der Waals surface area contributed by atoms with E-state index >= 15 is 0 Å². The van der Waals surface area contributed by atoms with E-state index in [1.54, 1.807) is 0 Å². The summed E-state index contributed by atoms with van der Waals surface area (Å²) < 4.78 is 0. The van der Waals surface area contributed by atoms with Gasteiger partial charge in [-0.25, -0.2) is 0 Å². The van der Waals surface area contributed by atoms with Gasteiger partial charge in [0.05, 0.1) is 0 Å². The van der Waals surface area contributed by atoms with Gasteiger partial charge in [-0.05, 0) is 6.92 Å². The average molecular weight is 116 g/mol. The fourth-order valence-corrected chi connectivity index (χ4v) is 0.184. The predicted octanol–water partition coefficient (Wildman–Crippen LogP) is -1.39. The lowest BCUT2D eigenvalue weighted by Gasteiger charge is -2.01. The zero-order chi connectivity index (χ0) is 6.57. The molecule has 0 heterocycles. The van der Waals surface area contributed by atoms with Crippen molar-refractivity contribution in [1.82, 2.24) is 5.32 Å². The second kappa shape index (κ2) is 3.01. The molecular formula is C4H8N2O2. The average Bonchev–Trinajstić information content (AvgIpc) is 1.67. The van der Waals surface area contributed by atoms with E-state index in [4.69, 9.17) is 5.73 Å². The molecule has 0 aromatic carbocycles. The topological polar surface area (TPSA) is 72.2 Å². The number of nitrogens with two attached hydrogens (primary N) is 1. The van der Waals surface area contributed by atoms with Gasteiger partial charge >= 0.3 is 0 Å². The Morgan fingerprint density at radius 3 is 2.50 bits per heavy atom. The Kier molecular flexibility index (Phi) is 2.61. The van der Waals surface area contributed by atoms with Crippen LogP contribution in [0.2, 0.25) is 0 Å². The first kappa shape index (κ1) is 6.94. The molecule has 0 aliphatic carbocycles. The van der Waals surface area contributed by atoms with E-state index in [-0.39, 0.29) is 0 Å². The summed E-state index contributed by atoms with van der Waals surface area (Å²) in [5, 5.41) is 2.19. The summed E-state index contributed by atoms with van der Waals surface area (Å²) in [7, 11) is 0. The monoisotopic (exact) mass is 116 g/mol. The Bertz CT molecular complexity index is 102. The Morgan fingerprint density at radius 2 is 2.38 bits per heavy atom. The van der Waals surface area contributed by atoms with Gasteiger partial charge in [-0.15, -0.1) is 0 Å². The summed E-state index contributed by atoms with van der Waals surface area (Å²) in [6.07, 6.45) is 0.440. The highest BCUT2D eigenvalue weighted by Crippen LogP contribution is 1.72. The number of hydrogen-bond acceptors (Lipinski definition) is 2. The van der Waals surface area contributed by atoms with Crippen LogP contribution in [0, 0.1) is 0 Å². The van der Waals surface area contributed by atoms with Crippen LogP contribution < -0.4 is 11.1 Å². The molecule has 0 aliphatic rings. The van der Waals surface area contributed by atoms with E-state index in [9.17, 15) is 9.59 Å². The van der Waals surface area contributed by atoms with Crippen molar-refractivity contribution >= 4 is 12.3 Å². The zero-order valence-electron chi connectivity index (χ0n) is 4.55. The summed E-state index contributed by atoms with van der Waals surface area (Å²) in [5.41, 5.74) is 4.76. The standard InChI is InChI=1S/C4H8N2O2/c1-3(4(5)8)6-2-7/h2-3H,1H3,(H2,5,8)(H,6,7)/t3-/m0/s1. The van der Waals surface area contributed by atoms with Crippen LogP contribution in [0.4, 0.5) is 0 Å². The van der Waals surface area contributed by atoms with Crippen LogP contribution in [0.15, 0.2) is 0 Å². The van der Waals surface area contributed by atoms with Crippen LogP contribution >= 0.6 is 0 Å². The van der Waals surface area contributed by atoms with Gasteiger partial charge in [0, 0.05) is 0 Å². The van der Waals surface area contributed by atoms with Gasteiger partial charge in [-0.3, -0.25) is 9.59 Å². The van der Waals surface area contributed by atoms with Crippen molar-refractivity contribution in [2.45, 2.75) is 13.0 Å². The first-order chi connectivity index (χ1) is 3.68. The van der Waals surface area contributed by atoms with Crippen molar-refractivity contribution in [2.24, 2.45) is 5.73 Å². The third-order valence-corrected chi connectivity index (χ3v) is 0.745. The summed E-state index contributed by atoms with van der Waals surface area (Å²) in [6, 6.07) is -0.563. The summed E-state index contributed by atoms with van der Waals surface area (Å²) in [4.78, 5) is 19.7. The largest absolute Gasteiger partial charge is 0.368 e. The van der Waals surface area contributed by atoms with Gasteiger partial charge in [0.2, 0.25) is 12.3 Å². The molecule has 0 aliphatic heterocycles. The zero-order valence-corrected chi connectivity index (χ0v) is 4.55. The lowest BCUT2D eigenvalue weighted by atomic mass is 10.3. The van der Waals surface area contributed by atoms with Gasteiger partial charge in [-0.1, -0.05) is 0 Å². The van der Waals surface area contributed by atoms with E-state index in [1.807, 2.05) is 0 Å². The number of nitrogens with one attached hydrogen (secondary N) is 1. The first-order valence-electron chi connectivity index (χ1n) is 2.17. The molecule has 4 heteroatoms. The van der Waals surface area contributed by atoms with Crippen molar-refractivity contribution < 1.29 is 9.59 Å². The molecule has 2 amide bonds. The molecule has 8 heavy (non-hydrogen) atoms. The Hall–Kier alpha value is -1.06. The van der Waals surface area contributed by atoms with Crippen LogP contribution in [0.5, 0.6) is 0 Å². The van der Waals surface area contributed by atoms with Crippen molar-refractivity contribution in [3.63, 3.8) is 0 Å². The van der Waals surface area contributed by atoms with E-state index in [0.29, 0.717) is 6.41 Å². The summed E-state index contributed by atoms with van der Waals surface area (Å²) >= 11 is 0. The second-order valence-electron chi connectivity index (χ2n) is 1.41. The molecule has 4 nitrogen and oxygen atoms in total. The Labute approximate surface area is 47.0 Å². The summed E-state index contributed by atoms with van der Waals surface area (Å²) in [6.45, 7) is 1.51. The molecule has 0 fully saturated rings. The third kappa shape index (κ3) is 2.17. The third-order valence-electron chi connectivity index (χ3n) is 0.745. The predicted molar refractivity (Wildman–Crippen MR) is 27.9 cm³/mol. The van der Waals surface area contributed by atoms with E-state index in [0.717, 1.165) is 0 Å². The van der Waals surface area contributed by atoms with Gasteiger partial charge in [-0.2, -0.15) is 0 Å². The van der Waals surface area contributed by atoms with E-state index in [2.05, 4.69) is 5.32 Å². The highest BCUT2D eigenvalue weighted by Gasteiger charge is 2.03. The van der Waals surface area contributed by atoms with Crippen LogP contribution in [-0.2, 0) is 9.59 Å². The van der Waals surface area contributed by atoms with Gasteiger partial charge in [0.1, 0.15) is 6.04 Å². The lowest BCUT2D eigenvalue weighted by molar-refractivity contribution is -0.122. The fraction of sp³-hybridized carbons (Fsp3) is 0.500. The molecular weight excluding hydrogens is 108 g/mol. The maximum absolute atomic E-state index is 10.1. The SMILES string of the molecule is C[C@H](NC=O)C(N)=O. The van der Waals surface area contributed by atoms with Gasteiger partial charge in [0.25, 0.3) is 0 Å². The molecule has 0 radical (unpaired) electrons. The van der Waals surface area contributed by atoms with Crippen molar-refractivity contribution in [2.75, 3.05) is 0 Å². The first-order valence-corrected chi connectivity index (χ1v) is 2.17. The number of hydrogen-bond donors (Lipinski definition) is 2. The quantitative estimate of drug-likeness (QED) is 0.445. The minimum absolute atomic E-state index is 0.440. The minimum Gasteiger partial charge on any atom is -0.368 e. The van der Waals surface area contributed by atoms with Crippen LogP contribution in [0.3, 0.4) is 0 Å². The van der Waals surface area contributed by atoms with Gasteiger partial charge < -0.3 is 11.1 Å². The molecule has 46 valence electrons. The fourth-order valence-electron chi connectivity index (χ4n) is 0.184. The van der Waals surface area contributed by atoms with Crippen molar-refractivity contribution in [3.05, 3.63) is 0 Å². The highest BCUT2D eigenvalue weighted by molar-refractivity contribution is 5.81. The minimum atomic E-state index is -0.563. The number of amides is 2. The number of primary amides is 1. The second-order valence-corrected chi connectivity index (χ2v) is 1.41. The molecule has 0 rings (SSSR count).